The molecule has 2 aromatic heterocycles. The van der Waals surface area contributed by atoms with Crippen molar-refractivity contribution < 1.29 is 4.79 Å². The summed E-state index contributed by atoms with van der Waals surface area (Å²) in [6.07, 6.45) is 12.7. The molecule has 1 amide bonds. The van der Waals surface area contributed by atoms with Gasteiger partial charge in [0, 0.05) is 26.2 Å². The quantitative estimate of drug-likeness (QED) is 0.730. The maximum absolute atomic E-state index is 11.1. The molecule has 1 N–H and O–H groups in total. The van der Waals surface area contributed by atoms with Crippen LogP contribution in [0.4, 0.5) is 11.8 Å². The first-order chi connectivity index (χ1) is 14.1. The summed E-state index contributed by atoms with van der Waals surface area (Å²) in [4.78, 5) is 26.3. The Labute approximate surface area is 177 Å². The van der Waals surface area contributed by atoms with Gasteiger partial charge in [-0.25, -0.2) is 15.0 Å². The second-order valence-electron chi connectivity index (χ2n) is 8.31. The number of anilines is 2. The maximum Gasteiger partial charge on any atom is 0.225 e. The Morgan fingerprint density at radius 2 is 1.93 bits per heavy atom. The molecule has 2 aliphatic rings. The fourth-order valence-corrected chi connectivity index (χ4v) is 4.67. The number of carbonyl (C=O) groups excluding carboxylic acids is 1. The maximum atomic E-state index is 11.1. The van der Waals surface area contributed by atoms with Crippen molar-refractivity contribution in [2.45, 2.75) is 45.4 Å². The van der Waals surface area contributed by atoms with E-state index in [-0.39, 0.29) is 5.91 Å². The number of amides is 1. The lowest BCUT2D eigenvalue weighted by Gasteiger charge is -2.32. The highest BCUT2D eigenvalue weighted by Crippen LogP contribution is 2.50. The lowest BCUT2D eigenvalue weighted by atomic mass is 9.90. The van der Waals surface area contributed by atoms with Crippen molar-refractivity contribution in [2.75, 3.05) is 23.3 Å². The molecule has 7 heteroatoms. The van der Waals surface area contributed by atoms with Gasteiger partial charge in [0.05, 0.1) is 17.4 Å². The van der Waals surface area contributed by atoms with Crippen molar-refractivity contribution in [3.63, 3.8) is 0 Å². The van der Waals surface area contributed by atoms with Crippen LogP contribution in [0, 0.1) is 17.8 Å². The van der Waals surface area contributed by atoms with Crippen molar-refractivity contribution in [3.05, 3.63) is 41.3 Å². The number of aryl methyl sites for hydroxylation is 1. The molecule has 2 aromatic rings. The Balaban J connectivity index is 1.16. The zero-order chi connectivity index (χ0) is 20.2. The Morgan fingerprint density at radius 3 is 2.59 bits per heavy atom. The molecule has 1 saturated heterocycles. The minimum absolute atomic E-state index is 0.0865. The first-order valence-corrected chi connectivity index (χ1v) is 10.9. The van der Waals surface area contributed by atoms with Crippen LogP contribution in [0.2, 0.25) is 5.02 Å². The van der Waals surface area contributed by atoms with Gasteiger partial charge < -0.3 is 10.2 Å². The fourth-order valence-electron chi connectivity index (χ4n) is 4.57. The average molecular weight is 414 g/mol. The Bertz CT molecular complexity index is 818. The number of hydrogen-bond acceptors (Lipinski definition) is 5. The minimum atomic E-state index is -0.0865. The number of nitrogens with zero attached hydrogens (tertiary/aromatic N) is 4. The van der Waals surface area contributed by atoms with Gasteiger partial charge in [-0.05, 0) is 67.9 Å². The standard InChI is InChI=1S/C22H28ClN5O/c1-15(29)27-21-6-5-16(12-24-21)3-2-4-18-11-20(18)17-7-9-28(10-8-17)22-25-13-19(23)14-26-22/h5-6,12-14,17-18,20H,2-4,7-11H2,1H3,(H,24,27,29)/t18?,20-/m1/s1. The fraction of sp³-hybridized carbons (Fsp3) is 0.545. The summed E-state index contributed by atoms with van der Waals surface area (Å²) in [5.41, 5.74) is 1.24. The van der Waals surface area contributed by atoms with Gasteiger partial charge in [0.25, 0.3) is 0 Å². The second-order valence-corrected chi connectivity index (χ2v) is 8.75. The molecule has 1 saturated carbocycles. The van der Waals surface area contributed by atoms with E-state index < -0.39 is 0 Å². The topological polar surface area (TPSA) is 71.0 Å². The van der Waals surface area contributed by atoms with Gasteiger partial charge in [-0.1, -0.05) is 17.7 Å². The first-order valence-electron chi connectivity index (χ1n) is 10.5. The third-order valence-electron chi connectivity index (χ3n) is 6.18. The molecule has 29 heavy (non-hydrogen) atoms. The van der Waals surface area contributed by atoms with E-state index in [4.69, 9.17) is 11.6 Å². The highest BCUT2D eigenvalue weighted by Gasteiger charge is 2.42. The van der Waals surface area contributed by atoms with E-state index in [0.717, 1.165) is 43.2 Å². The van der Waals surface area contributed by atoms with Gasteiger partial charge in [0.1, 0.15) is 5.82 Å². The van der Waals surface area contributed by atoms with E-state index >= 15 is 0 Å². The second kappa shape index (κ2) is 9.08. The summed E-state index contributed by atoms with van der Waals surface area (Å²) < 4.78 is 0. The van der Waals surface area contributed by atoms with Crippen molar-refractivity contribution in [1.82, 2.24) is 15.0 Å². The number of pyridine rings is 1. The summed E-state index contributed by atoms with van der Waals surface area (Å²) in [6, 6.07) is 3.95. The van der Waals surface area contributed by atoms with Gasteiger partial charge in [0.2, 0.25) is 11.9 Å². The molecule has 1 unspecified atom stereocenters. The van der Waals surface area contributed by atoms with Gasteiger partial charge in [-0.15, -0.1) is 0 Å². The predicted octanol–water partition coefficient (Wildman–Crippen LogP) is 4.36. The normalized spacial score (nSPS) is 21.8. The number of halogens is 1. The third kappa shape index (κ3) is 5.44. The Kier molecular flexibility index (Phi) is 6.28. The van der Waals surface area contributed by atoms with Crippen LogP contribution in [-0.4, -0.2) is 33.9 Å². The van der Waals surface area contributed by atoms with Crippen LogP contribution in [0.1, 0.15) is 44.6 Å². The highest BCUT2D eigenvalue weighted by atomic mass is 35.5. The first kappa shape index (κ1) is 20.1. The van der Waals surface area contributed by atoms with E-state index in [1.54, 1.807) is 12.4 Å². The lowest BCUT2D eigenvalue weighted by Crippen LogP contribution is -2.35. The number of hydrogen-bond donors (Lipinski definition) is 1. The van der Waals surface area contributed by atoms with Crippen molar-refractivity contribution in [1.29, 1.82) is 0 Å². The third-order valence-corrected chi connectivity index (χ3v) is 6.38. The van der Waals surface area contributed by atoms with E-state index in [0.29, 0.717) is 10.8 Å². The minimum Gasteiger partial charge on any atom is -0.341 e. The summed E-state index contributed by atoms with van der Waals surface area (Å²) >= 11 is 5.88. The molecular formula is C22H28ClN5O. The molecule has 1 aliphatic carbocycles. The lowest BCUT2D eigenvalue weighted by molar-refractivity contribution is -0.114. The molecule has 0 spiro atoms. The van der Waals surface area contributed by atoms with Crippen LogP contribution in [0.3, 0.4) is 0 Å². The van der Waals surface area contributed by atoms with Crippen molar-refractivity contribution >= 4 is 29.3 Å². The largest absolute Gasteiger partial charge is 0.341 e. The van der Waals surface area contributed by atoms with E-state index in [9.17, 15) is 4.79 Å². The van der Waals surface area contributed by atoms with Crippen LogP contribution in [0.25, 0.3) is 0 Å². The van der Waals surface area contributed by atoms with Gasteiger partial charge >= 0.3 is 0 Å². The predicted molar refractivity (Wildman–Crippen MR) is 115 cm³/mol. The van der Waals surface area contributed by atoms with Crippen molar-refractivity contribution in [2.24, 2.45) is 17.8 Å². The molecule has 6 nitrogen and oxygen atoms in total. The molecular weight excluding hydrogens is 386 g/mol. The molecule has 154 valence electrons. The van der Waals surface area contributed by atoms with E-state index in [1.165, 1.54) is 44.6 Å². The number of nitrogens with one attached hydrogen (secondary N) is 1. The van der Waals surface area contributed by atoms with Crippen LogP contribution in [0.15, 0.2) is 30.7 Å². The molecule has 1 aliphatic heterocycles. The number of carbonyl (C=O) groups is 1. The Morgan fingerprint density at radius 1 is 1.17 bits per heavy atom. The van der Waals surface area contributed by atoms with Gasteiger partial charge in [-0.3, -0.25) is 4.79 Å². The summed E-state index contributed by atoms with van der Waals surface area (Å²) in [6.45, 7) is 3.58. The number of piperidine rings is 1. The molecule has 3 heterocycles. The van der Waals surface area contributed by atoms with E-state index in [1.807, 2.05) is 12.3 Å². The molecule has 2 atom stereocenters. The molecule has 2 fully saturated rings. The zero-order valence-electron chi connectivity index (χ0n) is 16.9. The molecule has 0 radical (unpaired) electrons. The van der Waals surface area contributed by atoms with E-state index in [2.05, 4.69) is 31.2 Å². The summed E-state index contributed by atoms with van der Waals surface area (Å²) in [5, 5.41) is 3.29. The van der Waals surface area contributed by atoms with Crippen LogP contribution in [-0.2, 0) is 11.2 Å². The average Bonchev–Trinajstić information content (AvgIpc) is 3.49. The smallest absolute Gasteiger partial charge is 0.225 e. The zero-order valence-corrected chi connectivity index (χ0v) is 17.6. The molecule has 0 bridgehead atoms. The summed E-state index contributed by atoms with van der Waals surface area (Å²) in [7, 11) is 0. The van der Waals surface area contributed by atoms with Gasteiger partial charge in [0.15, 0.2) is 0 Å². The molecule has 4 rings (SSSR count). The summed E-state index contributed by atoms with van der Waals surface area (Å²) in [5.74, 6) is 3.99. The van der Waals surface area contributed by atoms with Crippen LogP contribution >= 0.6 is 11.6 Å². The Hall–Kier alpha value is -2.21. The van der Waals surface area contributed by atoms with Gasteiger partial charge in [-0.2, -0.15) is 0 Å². The SMILES string of the molecule is CC(=O)Nc1ccc(CCCC2C[C@@H]2C2CCN(c3ncc(Cl)cn3)CC2)cn1. The highest BCUT2D eigenvalue weighted by molar-refractivity contribution is 6.30. The molecule has 0 aromatic carbocycles. The number of rotatable bonds is 7. The number of aromatic nitrogens is 3. The monoisotopic (exact) mass is 413 g/mol. The van der Waals surface area contributed by atoms with Crippen LogP contribution < -0.4 is 10.2 Å². The van der Waals surface area contributed by atoms with Crippen LogP contribution in [0.5, 0.6) is 0 Å². The van der Waals surface area contributed by atoms with Crippen molar-refractivity contribution in [3.8, 4) is 0 Å².